The number of likely N-dealkylation sites (N-methyl/N-ethyl adjacent to an activating group) is 1. The summed E-state index contributed by atoms with van der Waals surface area (Å²) in [6.45, 7) is 2.36. The summed E-state index contributed by atoms with van der Waals surface area (Å²) in [6, 6.07) is 13.3. The highest BCUT2D eigenvalue weighted by Crippen LogP contribution is 2.32. The Bertz CT molecular complexity index is 1020. The van der Waals surface area contributed by atoms with Gasteiger partial charge >= 0.3 is 0 Å². The number of hydrogen-bond donors (Lipinski definition) is 0. The van der Waals surface area contributed by atoms with E-state index in [1.807, 2.05) is 11.3 Å². The Morgan fingerprint density at radius 2 is 2.00 bits per heavy atom. The summed E-state index contributed by atoms with van der Waals surface area (Å²) in [7, 11) is 4.15. The summed E-state index contributed by atoms with van der Waals surface area (Å²) >= 11 is 3.60. The van der Waals surface area contributed by atoms with Crippen LogP contribution in [-0.4, -0.2) is 38.8 Å². The zero-order valence-corrected chi connectivity index (χ0v) is 16.1. The SMILES string of the molecule is CN(C)CCOCC1=c2c(cccc3c2cc2cccsc23)C=CS1. The second kappa shape index (κ2) is 7.34. The van der Waals surface area contributed by atoms with Gasteiger partial charge in [-0.25, -0.2) is 0 Å². The van der Waals surface area contributed by atoms with Crippen LogP contribution < -0.4 is 5.22 Å². The molecule has 128 valence electrons. The van der Waals surface area contributed by atoms with E-state index in [2.05, 4.69) is 72.3 Å². The molecule has 0 amide bonds. The molecule has 4 heteroatoms. The molecule has 1 aliphatic heterocycles. The van der Waals surface area contributed by atoms with Crippen LogP contribution in [0.1, 0.15) is 5.56 Å². The van der Waals surface area contributed by atoms with Gasteiger partial charge in [0.15, 0.2) is 0 Å². The molecule has 0 saturated heterocycles. The molecule has 0 aliphatic carbocycles. The number of hydrogen-bond acceptors (Lipinski definition) is 4. The van der Waals surface area contributed by atoms with Gasteiger partial charge in [0.25, 0.3) is 0 Å². The van der Waals surface area contributed by atoms with Crippen molar-refractivity contribution >= 4 is 54.9 Å². The van der Waals surface area contributed by atoms with E-state index in [-0.39, 0.29) is 0 Å². The molecule has 2 aromatic carbocycles. The van der Waals surface area contributed by atoms with Gasteiger partial charge in [0, 0.05) is 26.8 Å². The van der Waals surface area contributed by atoms with Crippen LogP contribution in [0.4, 0.5) is 0 Å². The van der Waals surface area contributed by atoms with Crippen molar-refractivity contribution in [1.82, 2.24) is 4.90 Å². The second-order valence-electron chi connectivity index (χ2n) is 6.42. The van der Waals surface area contributed by atoms with Gasteiger partial charge in [-0.2, -0.15) is 0 Å². The van der Waals surface area contributed by atoms with E-state index < -0.39 is 0 Å². The fourth-order valence-electron chi connectivity index (χ4n) is 3.16. The van der Waals surface area contributed by atoms with Gasteiger partial charge in [-0.05, 0) is 53.4 Å². The molecule has 25 heavy (non-hydrogen) atoms. The van der Waals surface area contributed by atoms with E-state index in [0.717, 1.165) is 13.2 Å². The molecule has 0 fully saturated rings. The maximum atomic E-state index is 5.96. The molecule has 2 heterocycles. The monoisotopic (exact) mass is 367 g/mol. The molecule has 0 unspecified atom stereocenters. The van der Waals surface area contributed by atoms with Crippen LogP contribution in [0.15, 0.2) is 47.2 Å². The number of fused-ring (bicyclic) bond motifs is 5. The highest BCUT2D eigenvalue weighted by atomic mass is 32.2. The fraction of sp³-hybridized carbons (Fsp3) is 0.238. The molecular formula is C21H21NOS2. The van der Waals surface area contributed by atoms with Gasteiger partial charge in [-0.1, -0.05) is 42.1 Å². The molecule has 0 spiro atoms. The van der Waals surface area contributed by atoms with Crippen LogP contribution in [0.3, 0.4) is 0 Å². The van der Waals surface area contributed by atoms with Gasteiger partial charge in [0.1, 0.15) is 0 Å². The van der Waals surface area contributed by atoms with Crippen molar-refractivity contribution < 1.29 is 4.74 Å². The Kier molecular flexibility index (Phi) is 4.95. The third kappa shape index (κ3) is 3.40. The predicted molar refractivity (Wildman–Crippen MR) is 113 cm³/mol. The molecule has 0 bridgehead atoms. The summed E-state index contributed by atoms with van der Waals surface area (Å²) < 4.78 is 7.33. The number of rotatable bonds is 5. The van der Waals surface area contributed by atoms with Gasteiger partial charge in [0.05, 0.1) is 13.2 Å². The maximum Gasteiger partial charge on any atom is 0.0785 e. The zero-order valence-electron chi connectivity index (χ0n) is 14.5. The molecule has 2 nitrogen and oxygen atoms in total. The first-order chi connectivity index (χ1) is 12.2. The van der Waals surface area contributed by atoms with Crippen molar-refractivity contribution in [3.63, 3.8) is 0 Å². The van der Waals surface area contributed by atoms with Crippen molar-refractivity contribution in [2.24, 2.45) is 0 Å². The van der Waals surface area contributed by atoms with Gasteiger partial charge < -0.3 is 9.64 Å². The van der Waals surface area contributed by atoms with Crippen molar-refractivity contribution in [2.45, 2.75) is 0 Å². The summed E-state index contributed by atoms with van der Waals surface area (Å²) in [6.07, 6.45) is 2.21. The summed E-state index contributed by atoms with van der Waals surface area (Å²) in [5, 5.41) is 9.66. The van der Waals surface area contributed by atoms with Crippen molar-refractivity contribution in [3.05, 3.63) is 58.0 Å². The lowest BCUT2D eigenvalue weighted by Gasteiger charge is -2.13. The minimum Gasteiger partial charge on any atom is -0.375 e. The third-order valence-electron chi connectivity index (χ3n) is 4.39. The zero-order chi connectivity index (χ0) is 17.2. The number of ether oxygens (including phenoxy) is 1. The lowest BCUT2D eigenvalue weighted by Crippen LogP contribution is -2.20. The highest BCUT2D eigenvalue weighted by Gasteiger charge is 2.12. The largest absolute Gasteiger partial charge is 0.375 e. The summed E-state index contributed by atoms with van der Waals surface area (Å²) in [4.78, 5) is 3.45. The lowest BCUT2D eigenvalue weighted by atomic mass is 10.1. The minimum atomic E-state index is 0.667. The molecule has 0 saturated carbocycles. The Morgan fingerprint density at radius 3 is 2.88 bits per heavy atom. The maximum absolute atomic E-state index is 5.96. The van der Waals surface area contributed by atoms with E-state index >= 15 is 0 Å². The van der Waals surface area contributed by atoms with Crippen LogP contribution in [0.5, 0.6) is 0 Å². The first kappa shape index (κ1) is 16.9. The molecule has 0 N–H and O–H groups in total. The first-order valence-corrected chi connectivity index (χ1v) is 10.2. The quantitative estimate of drug-likeness (QED) is 0.605. The average Bonchev–Trinajstić information content (AvgIpc) is 2.87. The highest BCUT2D eigenvalue weighted by molar-refractivity contribution is 8.10. The number of nitrogens with zero attached hydrogens (tertiary/aromatic N) is 1. The molecule has 1 aromatic heterocycles. The van der Waals surface area contributed by atoms with E-state index in [4.69, 9.17) is 4.74 Å². The van der Waals surface area contributed by atoms with Crippen molar-refractivity contribution in [2.75, 3.05) is 33.9 Å². The Labute approximate surface area is 156 Å². The van der Waals surface area contributed by atoms with Gasteiger partial charge in [0.2, 0.25) is 0 Å². The van der Waals surface area contributed by atoms with Crippen molar-refractivity contribution in [1.29, 1.82) is 0 Å². The standard InChI is InChI=1S/C21H21NOS2/c1-22(2)9-10-23-14-19-20-15(8-12-24-19)5-3-7-17-18(20)13-16-6-4-11-25-21(16)17/h3-8,11-13H,9-10,14H2,1-2H3. The van der Waals surface area contributed by atoms with Crippen LogP contribution >= 0.6 is 23.1 Å². The third-order valence-corrected chi connectivity index (χ3v) is 6.25. The molecule has 0 radical (unpaired) electrons. The van der Waals surface area contributed by atoms with Crippen molar-refractivity contribution in [3.8, 4) is 0 Å². The van der Waals surface area contributed by atoms with Crippen LogP contribution in [0.25, 0.3) is 31.8 Å². The van der Waals surface area contributed by atoms with Crippen LogP contribution in [0.2, 0.25) is 0 Å². The van der Waals surface area contributed by atoms with E-state index in [1.165, 1.54) is 36.5 Å². The number of thioether (sulfide) groups is 1. The van der Waals surface area contributed by atoms with Gasteiger partial charge in [-0.15, -0.1) is 11.3 Å². The normalized spacial score (nSPS) is 13.8. The second-order valence-corrected chi connectivity index (χ2v) is 8.34. The van der Waals surface area contributed by atoms with Crippen LogP contribution in [0, 0.1) is 0 Å². The topological polar surface area (TPSA) is 12.5 Å². The van der Waals surface area contributed by atoms with E-state index in [1.54, 1.807) is 11.8 Å². The average molecular weight is 368 g/mol. The smallest absolute Gasteiger partial charge is 0.0785 e. The summed E-state index contributed by atoms with van der Waals surface area (Å²) in [5.41, 5.74) is 1.28. The van der Waals surface area contributed by atoms with Gasteiger partial charge in [-0.3, -0.25) is 0 Å². The molecule has 3 aromatic rings. The molecule has 0 atom stereocenters. The lowest BCUT2D eigenvalue weighted by molar-refractivity contribution is 0.147. The fourth-order valence-corrected chi connectivity index (χ4v) is 4.90. The molecule has 1 aliphatic rings. The first-order valence-electron chi connectivity index (χ1n) is 8.42. The predicted octanol–water partition coefficient (Wildman–Crippen LogP) is 4.74. The van der Waals surface area contributed by atoms with E-state index in [9.17, 15) is 0 Å². The van der Waals surface area contributed by atoms with E-state index in [0.29, 0.717) is 6.61 Å². The molecule has 4 rings (SSSR count). The molecular weight excluding hydrogens is 346 g/mol. The minimum absolute atomic E-state index is 0.667. The van der Waals surface area contributed by atoms with Crippen LogP contribution in [-0.2, 0) is 4.74 Å². The Hall–Kier alpha value is -1.59. The Morgan fingerprint density at radius 1 is 1.08 bits per heavy atom. The summed E-state index contributed by atoms with van der Waals surface area (Å²) in [5.74, 6) is 0. The Balaban J connectivity index is 1.87.